The van der Waals surface area contributed by atoms with E-state index in [0.717, 1.165) is 10.5 Å². The second kappa shape index (κ2) is 9.67. The van der Waals surface area contributed by atoms with Crippen LogP contribution in [0.3, 0.4) is 0 Å². The Morgan fingerprint density at radius 2 is 1.55 bits per heavy atom. The fraction of sp³-hybridized carbons (Fsp3) is 0.0800. The van der Waals surface area contributed by atoms with Gasteiger partial charge in [0.25, 0.3) is 17.7 Å². The van der Waals surface area contributed by atoms with E-state index in [-0.39, 0.29) is 23.0 Å². The van der Waals surface area contributed by atoms with Crippen molar-refractivity contribution in [2.75, 3.05) is 17.2 Å². The van der Waals surface area contributed by atoms with Crippen molar-refractivity contribution in [2.24, 2.45) is 0 Å². The molecule has 33 heavy (non-hydrogen) atoms. The Kier molecular flexibility index (Phi) is 6.51. The van der Waals surface area contributed by atoms with Gasteiger partial charge >= 0.3 is 0 Å². The van der Waals surface area contributed by atoms with Crippen molar-refractivity contribution < 1.29 is 18.8 Å². The molecule has 4 rings (SSSR count). The summed E-state index contributed by atoms with van der Waals surface area (Å²) in [5.74, 6) is -2.08. The Bertz CT molecular complexity index is 1240. The minimum Gasteiger partial charge on any atom is -0.350 e. The van der Waals surface area contributed by atoms with Crippen LogP contribution in [0, 0.1) is 5.82 Å². The molecule has 0 atom stereocenters. The van der Waals surface area contributed by atoms with Crippen LogP contribution in [0.15, 0.2) is 89.6 Å². The third kappa shape index (κ3) is 4.94. The molecule has 1 aliphatic rings. The van der Waals surface area contributed by atoms with Gasteiger partial charge in [0.1, 0.15) is 16.5 Å². The van der Waals surface area contributed by atoms with Gasteiger partial charge < -0.3 is 10.6 Å². The van der Waals surface area contributed by atoms with E-state index in [9.17, 15) is 18.8 Å². The van der Waals surface area contributed by atoms with Gasteiger partial charge in [0, 0.05) is 17.8 Å². The highest BCUT2D eigenvalue weighted by Gasteiger charge is 2.37. The lowest BCUT2D eigenvalue weighted by molar-refractivity contribution is -0.137. The minimum absolute atomic E-state index is 0.0155. The van der Waals surface area contributed by atoms with E-state index in [1.54, 1.807) is 18.2 Å². The lowest BCUT2D eigenvalue weighted by atomic mass is 10.1. The van der Waals surface area contributed by atoms with Crippen molar-refractivity contribution in [1.82, 2.24) is 4.90 Å². The molecule has 3 aromatic rings. The Labute approximate surface area is 194 Å². The Hall–Kier alpha value is -3.97. The van der Waals surface area contributed by atoms with Gasteiger partial charge in [-0.25, -0.2) is 4.39 Å². The van der Waals surface area contributed by atoms with E-state index >= 15 is 0 Å². The molecular formula is C25H19ClFN3O3. The SMILES string of the molecule is O=C(Nc1ccccc1F)c1ccc(NC2=C(Cl)C(=O)N(CCc3ccccc3)C2=O)cc1. The highest BCUT2D eigenvalue weighted by molar-refractivity contribution is 6.48. The molecule has 3 aromatic carbocycles. The molecule has 0 fully saturated rings. The normalized spacial score (nSPS) is 13.5. The number of nitrogens with one attached hydrogen (secondary N) is 2. The van der Waals surface area contributed by atoms with E-state index in [1.165, 1.54) is 30.3 Å². The second-order valence-corrected chi connectivity index (χ2v) is 7.70. The van der Waals surface area contributed by atoms with Crippen molar-refractivity contribution in [3.8, 4) is 0 Å². The van der Waals surface area contributed by atoms with Crippen LogP contribution in [0.5, 0.6) is 0 Å². The fourth-order valence-corrected chi connectivity index (χ4v) is 3.58. The van der Waals surface area contributed by atoms with Crippen molar-refractivity contribution in [3.05, 3.63) is 107 Å². The molecular weight excluding hydrogens is 445 g/mol. The Morgan fingerprint density at radius 1 is 0.879 bits per heavy atom. The zero-order valence-corrected chi connectivity index (χ0v) is 18.1. The topological polar surface area (TPSA) is 78.5 Å². The van der Waals surface area contributed by atoms with Gasteiger partial charge in [-0.05, 0) is 48.4 Å². The van der Waals surface area contributed by atoms with Crippen LogP contribution in [0.2, 0.25) is 0 Å². The summed E-state index contributed by atoms with van der Waals surface area (Å²) < 4.78 is 13.7. The van der Waals surface area contributed by atoms with E-state index in [0.29, 0.717) is 17.7 Å². The number of hydrogen-bond acceptors (Lipinski definition) is 4. The predicted octanol–water partition coefficient (Wildman–Crippen LogP) is 4.55. The summed E-state index contributed by atoms with van der Waals surface area (Å²) in [4.78, 5) is 38.7. The average molecular weight is 464 g/mol. The molecule has 0 saturated carbocycles. The largest absolute Gasteiger partial charge is 0.350 e. The van der Waals surface area contributed by atoms with Crippen molar-refractivity contribution in [1.29, 1.82) is 0 Å². The van der Waals surface area contributed by atoms with E-state index < -0.39 is 23.5 Å². The molecule has 1 heterocycles. The minimum atomic E-state index is -0.555. The number of anilines is 2. The van der Waals surface area contributed by atoms with E-state index in [4.69, 9.17) is 11.6 Å². The predicted molar refractivity (Wildman–Crippen MR) is 124 cm³/mol. The van der Waals surface area contributed by atoms with Crippen LogP contribution < -0.4 is 10.6 Å². The number of imide groups is 1. The van der Waals surface area contributed by atoms with Gasteiger partial charge in [0.05, 0.1) is 5.69 Å². The first-order valence-electron chi connectivity index (χ1n) is 10.2. The first-order chi connectivity index (χ1) is 15.9. The van der Waals surface area contributed by atoms with Gasteiger partial charge in [-0.3, -0.25) is 19.3 Å². The summed E-state index contributed by atoms with van der Waals surface area (Å²) in [7, 11) is 0. The highest BCUT2D eigenvalue weighted by Crippen LogP contribution is 2.26. The van der Waals surface area contributed by atoms with Crippen LogP contribution in [0.1, 0.15) is 15.9 Å². The molecule has 166 valence electrons. The van der Waals surface area contributed by atoms with Crippen molar-refractivity contribution in [2.45, 2.75) is 6.42 Å². The summed E-state index contributed by atoms with van der Waals surface area (Å²) >= 11 is 6.14. The fourth-order valence-electron chi connectivity index (χ4n) is 3.35. The van der Waals surface area contributed by atoms with Gasteiger partial charge in [-0.2, -0.15) is 0 Å². The van der Waals surface area contributed by atoms with Crippen molar-refractivity contribution >= 4 is 40.7 Å². The number of carbonyl (C=O) groups excluding carboxylic acids is 3. The molecule has 0 unspecified atom stereocenters. The molecule has 8 heteroatoms. The number of amides is 3. The maximum atomic E-state index is 13.7. The Morgan fingerprint density at radius 3 is 2.24 bits per heavy atom. The number of carbonyl (C=O) groups is 3. The zero-order valence-electron chi connectivity index (χ0n) is 17.3. The molecule has 2 N–H and O–H groups in total. The lowest BCUT2D eigenvalue weighted by Gasteiger charge is -2.15. The third-order valence-electron chi connectivity index (χ3n) is 5.12. The molecule has 3 amide bonds. The van der Waals surface area contributed by atoms with Gasteiger partial charge in [-0.1, -0.05) is 54.1 Å². The van der Waals surface area contributed by atoms with E-state index in [2.05, 4.69) is 10.6 Å². The molecule has 0 bridgehead atoms. The van der Waals surface area contributed by atoms with Crippen LogP contribution in [0.25, 0.3) is 0 Å². The van der Waals surface area contributed by atoms with Gasteiger partial charge in [0.2, 0.25) is 0 Å². The van der Waals surface area contributed by atoms with Gasteiger partial charge in [0.15, 0.2) is 0 Å². The lowest BCUT2D eigenvalue weighted by Crippen LogP contribution is -2.34. The number of halogens is 2. The molecule has 1 aliphatic heterocycles. The summed E-state index contributed by atoms with van der Waals surface area (Å²) in [5.41, 5.74) is 1.82. The van der Waals surface area contributed by atoms with Crippen LogP contribution in [0.4, 0.5) is 15.8 Å². The molecule has 0 aromatic heterocycles. The third-order valence-corrected chi connectivity index (χ3v) is 5.47. The van der Waals surface area contributed by atoms with Crippen LogP contribution in [-0.4, -0.2) is 29.2 Å². The molecule has 0 radical (unpaired) electrons. The molecule has 0 spiro atoms. The summed E-state index contributed by atoms with van der Waals surface area (Å²) in [6.07, 6.45) is 0.515. The molecule has 6 nitrogen and oxygen atoms in total. The molecule has 0 aliphatic carbocycles. The second-order valence-electron chi connectivity index (χ2n) is 7.32. The average Bonchev–Trinajstić information content (AvgIpc) is 3.03. The number of para-hydroxylation sites is 1. The van der Waals surface area contributed by atoms with Crippen molar-refractivity contribution in [3.63, 3.8) is 0 Å². The number of nitrogens with zero attached hydrogens (tertiary/aromatic N) is 1. The highest BCUT2D eigenvalue weighted by atomic mass is 35.5. The zero-order chi connectivity index (χ0) is 23.4. The van der Waals surface area contributed by atoms with Gasteiger partial charge in [-0.15, -0.1) is 0 Å². The quantitative estimate of drug-likeness (QED) is 0.504. The summed E-state index contributed by atoms with van der Waals surface area (Å²) in [6.45, 7) is 0.207. The van der Waals surface area contributed by atoms with Crippen LogP contribution in [-0.2, 0) is 16.0 Å². The maximum absolute atomic E-state index is 13.7. The monoisotopic (exact) mass is 463 g/mol. The first-order valence-corrected chi connectivity index (χ1v) is 10.5. The first kappa shape index (κ1) is 22.2. The standard InChI is InChI=1S/C25H19ClFN3O3/c26-21-22(25(33)30(24(21)32)15-14-16-6-2-1-3-7-16)28-18-12-10-17(11-13-18)23(31)29-20-9-5-4-8-19(20)27/h1-13,28H,14-15H2,(H,29,31). The number of benzene rings is 3. The maximum Gasteiger partial charge on any atom is 0.278 e. The van der Waals surface area contributed by atoms with E-state index in [1.807, 2.05) is 30.3 Å². The number of rotatable bonds is 7. The summed E-state index contributed by atoms with van der Waals surface area (Å²) in [5, 5.41) is 5.18. The summed E-state index contributed by atoms with van der Waals surface area (Å²) in [6, 6.07) is 21.5. The number of hydrogen-bond donors (Lipinski definition) is 2. The smallest absolute Gasteiger partial charge is 0.278 e. The Balaban J connectivity index is 1.41. The van der Waals surface area contributed by atoms with Crippen LogP contribution >= 0.6 is 11.6 Å². The molecule has 0 saturated heterocycles.